The van der Waals surface area contributed by atoms with Crippen LogP contribution in [0.3, 0.4) is 0 Å². The van der Waals surface area contributed by atoms with E-state index in [1.165, 1.54) is 19.3 Å². The summed E-state index contributed by atoms with van der Waals surface area (Å²) in [5, 5.41) is 3.56. The fourth-order valence-electron chi connectivity index (χ4n) is 1.46. The molecule has 0 amide bonds. The molecule has 0 aliphatic carbocycles. The van der Waals surface area contributed by atoms with E-state index in [0.717, 1.165) is 12.5 Å². The topological polar surface area (TPSA) is 21.3 Å². The first-order valence-electron chi connectivity index (χ1n) is 5.90. The van der Waals surface area contributed by atoms with Crippen LogP contribution in [0, 0.1) is 5.92 Å². The van der Waals surface area contributed by atoms with Crippen LogP contribution in [0.1, 0.15) is 47.0 Å². The van der Waals surface area contributed by atoms with Gasteiger partial charge in [-0.1, -0.05) is 27.2 Å². The number of hydrogen-bond acceptors (Lipinski definition) is 2. The molecule has 0 aliphatic heterocycles. The Morgan fingerprint density at radius 3 is 2.21 bits per heavy atom. The summed E-state index contributed by atoms with van der Waals surface area (Å²) >= 11 is 0. The minimum atomic E-state index is 0.320. The first kappa shape index (κ1) is 13.9. The lowest BCUT2D eigenvalue weighted by Gasteiger charge is -2.22. The summed E-state index contributed by atoms with van der Waals surface area (Å²) in [6, 6.07) is 0.655. The SMILES string of the molecule is CCC(C)CC(CC)NCC(C)OC. The monoisotopic (exact) mass is 201 g/mol. The molecule has 0 aliphatic rings. The van der Waals surface area contributed by atoms with Crippen molar-refractivity contribution in [1.82, 2.24) is 5.32 Å². The van der Waals surface area contributed by atoms with E-state index in [4.69, 9.17) is 4.74 Å². The molecule has 86 valence electrons. The Kier molecular flexibility index (Phi) is 8.20. The van der Waals surface area contributed by atoms with Gasteiger partial charge in [0, 0.05) is 19.7 Å². The molecule has 14 heavy (non-hydrogen) atoms. The Bertz CT molecular complexity index is 127. The molecule has 0 fully saturated rings. The molecule has 0 saturated heterocycles. The molecule has 0 aromatic heterocycles. The molecule has 0 bridgehead atoms. The van der Waals surface area contributed by atoms with Crippen molar-refractivity contribution in [1.29, 1.82) is 0 Å². The molecule has 3 atom stereocenters. The van der Waals surface area contributed by atoms with Gasteiger partial charge in [0.2, 0.25) is 0 Å². The average Bonchev–Trinajstić information content (AvgIpc) is 2.22. The van der Waals surface area contributed by atoms with Gasteiger partial charge in [-0.05, 0) is 25.7 Å². The predicted molar refractivity (Wildman–Crippen MR) is 62.6 cm³/mol. The molecular formula is C12H27NO. The second kappa shape index (κ2) is 8.25. The van der Waals surface area contributed by atoms with Crippen LogP contribution >= 0.6 is 0 Å². The van der Waals surface area contributed by atoms with Crippen LogP contribution in [0.4, 0.5) is 0 Å². The maximum atomic E-state index is 5.21. The molecule has 2 heteroatoms. The Morgan fingerprint density at radius 1 is 1.14 bits per heavy atom. The largest absolute Gasteiger partial charge is 0.380 e. The summed E-state index contributed by atoms with van der Waals surface area (Å²) in [4.78, 5) is 0. The second-order valence-corrected chi connectivity index (χ2v) is 4.31. The third-order valence-corrected chi connectivity index (χ3v) is 2.97. The van der Waals surface area contributed by atoms with Crippen molar-refractivity contribution in [2.75, 3.05) is 13.7 Å². The van der Waals surface area contributed by atoms with Crippen LogP contribution in [0.25, 0.3) is 0 Å². The molecule has 0 spiro atoms. The third-order valence-electron chi connectivity index (χ3n) is 2.97. The van der Waals surface area contributed by atoms with Gasteiger partial charge in [0.1, 0.15) is 0 Å². The zero-order valence-electron chi connectivity index (χ0n) is 10.5. The van der Waals surface area contributed by atoms with Gasteiger partial charge in [-0.2, -0.15) is 0 Å². The Hall–Kier alpha value is -0.0800. The molecule has 0 saturated carbocycles. The summed E-state index contributed by atoms with van der Waals surface area (Å²) in [7, 11) is 1.77. The quantitative estimate of drug-likeness (QED) is 0.652. The minimum Gasteiger partial charge on any atom is -0.380 e. The van der Waals surface area contributed by atoms with E-state index in [0.29, 0.717) is 12.1 Å². The summed E-state index contributed by atoms with van der Waals surface area (Å²) < 4.78 is 5.21. The van der Waals surface area contributed by atoms with E-state index in [1.54, 1.807) is 7.11 Å². The van der Waals surface area contributed by atoms with Crippen LogP contribution < -0.4 is 5.32 Å². The van der Waals surface area contributed by atoms with Crippen LogP contribution in [0.2, 0.25) is 0 Å². The van der Waals surface area contributed by atoms with E-state index in [-0.39, 0.29) is 0 Å². The highest BCUT2D eigenvalue weighted by Gasteiger charge is 2.10. The van der Waals surface area contributed by atoms with Crippen molar-refractivity contribution in [2.45, 2.75) is 59.1 Å². The van der Waals surface area contributed by atoms with Crippen molar-refractivity contribution in [3.63, 3.8) is 0 Å². The molecule has 3 unspecified atom stereocenters. The fraction of sp³-hybridized carbons (Fsp3) is 1.00. The van der Waals surface area contributed by atoms with E-state index in [2.05, 4.69) is 33.0 Å². The van der Waals surface area contributed by atoms with Crippen LogP contribution in [-0.4, -0.2) is 25.8 Å². The Labute approximate surface area is 89.4 Å². The van der Waals surface area contributed by atoms with E-state index in [9.17, 15) is 0 Å². The highest BCUT2D eigenvalue weighted by molar-refractivity contribution is 4.69. The van der Waals surface area contributed by atoms with Crippen LogP contribution in [0.5, 0.6) is 0 Å². The van der Waals surface area contributed by atoms with Gasteiger partial charge in [0.25, 0.3) is 0 Å². The normalized spacial score (nSPS) is 17.8. The zero-order chi connectivity index (χ0) is 11.0. The first-order chi connectivity index (χ1) is 6.63. The highest BCUT2D eigenvalue weighted by Crippen LogP contribution is 2.11. The minimum absolute atomic E-state index is 0.320. The van der Waals surface area contributed by atoms with Gasteiger partial charge in [-0.25, -0.2) is 0 Å². The molecule has 1 N–H and O–H groups in total. The lowest BCUT2D eigenvalue weighted by atomic mass is 9.98. The highest BCUT2D eigenvalue weighted by atomic mass is 16.5. The van der Waals surface area contributed by atoms with Crippen molar-refractivity contribution >= 4 is 0 Å². The second-order valence-electron chi connectivity index (χ2n) is 4.31. The standard InChI is InChI=1S/C12H27NO/c1-6-10(3)8-12(7-2)13-9-11(4)14-5/h10-13H,6-9H2,1-5H3. The van der Waals surface area contributed by atoms with Crippen molar-refractivity contribution < 1.29 is 4.74 Å². The first-order valence-corrected chi connectivity index (χ1v) is 5.90. The lowest BCUT2D eigenvalue weighted by molar-refractivity contribution is 0.113. The molecule has 0 heterocycles. The van der Waals surface area contributed by atoms with E-state index < -0.39 is 0 Å². The Morgan fingerprint density at radius 2 is 1.79 bits per heavy atom. The van der Waals surface area contributed by atoms with Crippen LogP contribution in [-0.2, 0) is 4.74 Å². The molecule has 0 aromatic rings. The third kappa shape index (κ3) is 6.39. The maximum Gasteiger partial charge on any atom is 0.0667 e. The summed E-state index contributed by atoms with van der Waals surface area (Å²) in [5.41, 5.74) is 0. The van der Waals surface area contributed by atoms with Gasteiger partial charge < -0.3 is 10.1 Å². The number of nitrogens with one attached hydrogen (secondary N) is 1. The van der Waals surface area contributed by atoms with Crippen molar-refractivity contribution in [3.05, 3.63) is 0 Å². The summed E-state index contributed by atoms with van der Waals surface area (Å²) in [6.07, 6.45) is 4.09. The summed E-state index contributed by atoms with van der Waals surface area (Å²) in [6.45, 7) is 9.89. The van der Waals surface area contributed by atoms with Crippen molar-refractivity contribution in [2.24, 2.45) is 5.92 Å². The summed E-state index contributed by atoms with van der Waals surface area (Å²) in [5.74, 6) is 0.824. The average molecular weight is 201 g/mol. The van der Waals surface area contributed by atoms with Gasteiger partial charge in [0.05, 0.1) is 6.10 Å². The van der Waals surface area contributed by atoms with Gasteiger partial charge >= 0.3 is 0 Å². The lowest BCUT2D eigenvalue weighted by Crippen LogP contribution is -2.35. The number of ether oxygens (including phenoxy) is 1. The molecule has 2 nitrogen and oxygen atoms in total. The van der Waals surface area contributed by atoms with Gasteiger partial charge in [-0.3, -0.25) is 0 Å². The van der Waals surface area contributed by atoms with Crippen LogP contribution in [0.15, 0.2) is 0 Å². The van der Waals surface area contributed by atoms with E-state index >= 15 is 0 Å². The zero-order valence-corrected chi connectivity index (χ0v) is 10.5. The Balaban J connectivity index is 3.68. The maximum absolute atomic E-state index is 5.21. The van der Waals surface area contributed by atoms with E-state index in [1.807, 2.05) is 0 Å². The van der Waals surface area contributed by atoms with Gasteiger partial charge in [-0.15, -0.1) is 0 Å². The molecule has 0 radical (unpaired) electrons. The van der Waals surface area contributed by atoms with Crippen molar-refractivity contribution in [3.8, 4) is 0 Å². The predicted octanol–water partition coefficient (Wildman–Crippen LogP) is 2.83. The fourth-order valence-corrected chi connectivity index (χ4v) is 1.46. The smallest absolute Gasteiger partial charge is 0.0667 e. The molecule has 0 aromatic carbocycles. The molecular weight excluding hydrogens is 174 g/mol. The number of rotatable bonds is 8. The number of methoxy groups -OCH3 is 1. The number of hydrogen-bond donors (Lipinski definition) is 1. The molecule has 0 rings (SSSR count). The van der Waals surface area contributed by atoms with Gasteiger partial charge in [0.15, 0.2) is 0 Å².